The highest BCUT2D eigenvalue weighted by Gasteiger charge is 2.31. The van der Waals surface area contributed by atoms with Gasteiger partial charge in [-0.05, 0) is 24.6 Å². The summed E-state index contributed by atoms with van der Waals surface area (Å²) in [5, 5.41) is 14.8. The van der Waals surface area contributed by atoms with Gasteiger partial charge in [0.1, 0.15) is 12.6 Å². The number of nitrogens with one attached hydrogen (secondary N) is 2. The number of rotatable bonds is 8. The maximum Gasteiger partial charge on any atom is 0.324 e. The molecule has 0 saturated carbocycles. The lowest BCUT2D eigenvalue weighted by Gasteiger charge is -2.13. The number of hydrogen-bond acceptors (Lipinski definition) is 8. The number of nitrogens with zero attached hydrogens (tertiary/aromatic N) is 1. The fourth-order valence-electron chi connectivity index (χ4n) is 2.24. The van der Waals surface area contributed by atoms with Gasteiger partial charge in [-0.15, -0.1) is 21.9 Å². The lowest BCUT2D eigenvalue weighted by molar-refractivity contribution is -0.757. The Bertz CT molecular complexity index is 624. The third kappa shape index (κ3) is 5.61. The minimum atomic E-state index is -0.906. The molecule has 9 nitrogen and oxygen atoms in total. The standard InChI is InChI=1S/C15H19N3O6S/c1-2-23-15(20)12-9-25-14(17-12)11-5-3-10(4-6-11)13(19)16-7-8-24-18(21)22/h3-6,12,14,17H,2,7-9H2,1H3,(H,16,19). The van der Waals surface area contributed by atoms with Gasteiger partial charge in [0.05, 0.1) is 12.0 Å². The number of benzene rings is 1. The van der Waals surface area contributed by atoms with Crippen molar-refractivity contribution in [2.24, 2.45) is 0 Å². The van der Waals surface area contributed by atoms with Crippen molar-refractivity contribution < 1.29 is 24.3 Å². The van der Waals surface area contributed by atoms with E-state index in [1.807, 2.05) is 0 Å². The number of ether oxygens (including phenoxy) is 1. The highest BCUT2D eigenvalue weighted by atomic mass is 32.2. The molecule has 0 aromatic heterocycles. The molecule has 1 aliphatic heterocycles. The van der Waals surface area contributed by atoms with E-state index in [9.17, 15) is 19.7 Å². The van der Waals surface area contributed by atoms with Crippen molar-refractivity contribution in [3.63, 3.8) is 0 Å². The molecule has 2 unspecified atom stereocenters. The summed E-state index contributed by atoms with van der Waals surface area (Å²) in [7, 11) is 0. The molecule has 0 radical (unpaired) electrons. The predicted octanol–water partition coefficient (Wildman–Crippen LogP) is 0.891. The molecule has 0 aliphatic carbocycles. The van der Waals surface area contributed by atoms with Crippen molar-refractivity contribution in [1.29, 1.82) is 0 Å². The second-order valence-corrected chi connectivity index (χ2v) is 6.26. The second kappa shape index (κ2) is 9.23. The monoisotopic (exact) mass is 369 g/mol. The van der Waals surface area contributed by atoms with Crippen LogP contribution >= 0.6 is 11.8 Å². The first kappa shape index (κ1) is 19.0. The van der Waals surface area contributed by atoms with Gasteiger partial charge in [0, 0.05) is 17.9 Å². The fraction of sp³-hybridized carbons (Fsp3) is 0.467. The average Bonchev–Trinajstić information content (AvgIpc) is 3.09. The van der Waals surface area contributed by atoms with Crippen LogP contribution in [0.15, 0.2) is 24.3 Å². The van der Waals surface area contributed by atoms with Crippen LogP contribution < -0.4 is 10.6 Å². The summed E-state index contributed by atoms with van der Waals surface area (Å²) in [6.07, 6.45) is 0. The molecule has 10 heteroatoms. The largest absolute Gasteiger partial charge is 0.465 e. The summed E-state index contributed by atoms with van der Waals surface area (Å²) in [5.41, 5.74) is 1.39. The summed E-state index contributed by atoms with van der Waals surface area (Å²) >= 11 is 1.60. The summed E-state index contributed by atoms with van der Waals surface area (Å²) < 4.78 is 5.00. The number of esters is 1. The van der Waals surface area contributed by atoms with Gasteiger partial charge in [-0.25, -0.2) is 0 Å². The van der Waals surface area contributed by atoms with E-state index in [-0.39, 0.29) is 36.4 Å². The molecule has 1 saturated heterocycles. The third-order valence-corrected chi connectivity index (χ3v) is 4.68. The normalized spacial score (nSPS) is 19.2. The Morgan fingerprint density at radius 2 is 2.12 bits per heavy atom. The van der Waals surface area contributed by atoms with Crippen molar-refractivity contribution in [2.75, 3.05) is 25.5 Å². The molecule has 1 heterocycles. The van der Waals surface area contributed by atoms with Crippen molar-refractivity contribution in [3.8, 4) is 0 Å². The summed E-state index contributed by atoms with van der Waals surface area (Å²) in [6, 6.07) is 6.61. The van der Waals surface area contributed by atoms with E-state index in [4.69, 9.17) is 4.74 Å². The van der Waals surface area contributed by atoms with Gasteiger partial charge in [-0.3, -0.25) is 14.9 Å². The first-order valence-corrected chi connectivity index (χ1v) is 8.76. The van der Waals surface area contributed by atoms with Crippen molar-refractivity contribution >= 4 is 23.6 Å². The first-order valence-electron chi connectivity index (χ1n) is 7.71. The van der Waals surface area contributed by atoms with E-state index in [1.165, 1.54) is 0 Å². The lowest BCUT2D eigenvalue weighted by atomic mass is 10.1. The predicted molar refractivity (Wildman–Crippen MR) is 90.5 cm³/mol. The molecular weight excluding hydrogens is 350 g/mol. The van der Waals surface area contributed by atoms with Crippen LogP contribution in [0.2, 0.25) is 0 Å². The Hall–Kier alpha value is -2.33. The maximum atomic E-state index is 11.9. The summed E-state index contributed by atoms with van der Waals surface area (Å²) in [4.78, 5) is 37.8. The molecular formula is C15H19N3O6S. The lowest BCUT2D eigenvalue weighted by Crippen LogP contribution is -2.35. The minimum Gasteiger partial charge on any atom is -0.465 e. The molecule has 0 bridgehead atoms. The van der Waals surface area contributed by atoms with Crippen molar-refractivity contribution in [3.05, 3.63) is 45.5 Å². The van der Waals surface area contributed by atoms with Crippen LogP contribution in [0.3, 0.4) is 0 Å². The zero-order valence-corrected chi connectivity index (χ0v) is 14.4. The second-order valence-electron chi connectivity index (χ2n) is 5.12. The summed E-state index contributed by atoms with van der Waals surface area (Å²) in [5.74, 6) is 0.0303. The quantitative estimate of drug-likeness (QED) is 0.300. The van der Waals surface area contributed by atoms with Gasteiger partial charge in [-0.2, -0.15) is 0 Å². The van der Waals surface area contributed by atoms with E-state index in [0.717, 1.165) is 5.56 Å². The van der Waals surface area contributed by atoms with Crippen LogP contribution in [-0.4, -0.2) is 48.5 Å². The highest BCUT2D eigenvalue weighted by molar-refractivity contribution is 7.99. The zero-order chi connectivity index (χ0) is 18.2. The van der Waals surface area contributed by atoms with Crippen LogP contribution in [0.4, 0.5) is 0 Å². The number of carbonyl (C=O) groups excluding carboxylic acids is 2. The van der Waals surface area contributed by atoms with Crippen molar-refractivity contribution in [2.45, 2.75) is 18.3 Å². The molecule has 1 aliphatic rings. The average molecular weight is 369 g/mol. The highest BCUT2D eigenvalue weighted by Crippen LogP contribution is 2.33. The van der Waals surface area contributed by atoms with Gasteiger partial charge >= 0.3 is 5.97 Å². The number of hydrogen-bond donors (Lipinski definition) is 2. The molecule has 1 aromatic rings. The van der Waals surface area contributed by atoms with Crippen LogP contribution in [0, 0.1) is 10.1 Å². The molecule has 0 spiro atoms. The molecule has 136 valence electrons. The van der Waals surface area contributed by atoms with Gasteiger partial charge in [0.15, 0.2) is 0 Å². The number of amides is 1. The molecule has 25 heavy (non-hydrogen) atoms. The van der Waals surface area contributed by atoms with Crippen LogP contribution in [0.5, 0.6) is 0 Å². The molecule has 2 atom stereocenters. The van der Waals surface area contributed by atoms with Crippen LogP contribution in [0.1, 0.15) is 28.2 Å². The maximum absolute atomic E-state index is 11.9. The van der Waals surface area contributed by atoms with E-state index in [2.05, 4.69) is 15.5 Å². The summed E-state index contributed by atoms with van der Waals surface area (Å²) in [6.45, 7) is 1.96. The SMILES string of the molecule is CCOC(=O)C1CSC(c2ccc(C(=O)NCCO[N+](=O)[O-])cc2)N1. The van der Waals surface area contributed by atoms with E-state index in [1.54, 1.807) is 43.0 Å². The topological polar surface area (TPSA) is 120 Å². The molecule has 1 amide bonds. The number of carbonyl (C=O) groups is 2. The Morgan fingerprint density at radius 1 is 1.40 bits per heavy atom. The Morgan fingerprint density at radius 3 is 2.76 bits per heavy atom. The Balaban J connectivity index is 1.84. The zero-order valence-electron chi connectivity index (χ0n) is 13.6. The van der Waals surface area contributed by atoms with Crippen molar-refractivity contribution in [1.82, 2.24) is 10.6 Å². The fourth-order valence-corrected chi connectivity index (χ4v) is 3.47. The smallest absolute Gasteiger partial charge is 0.324 e. The van der Waals surface area contributed by atoms with Gasteiger partial charge < -0.3 is 14.9 Å². The molecule has 2 rings (SSSR count). The molecule has 1 fully saturated rings. The Kier molecular flexibility index (Phi) is 7.02. The van der Waals surface area contributed by atoms with Gasteiger partial charge in [0.25, 0.3) is 11.0 Å². The van der Waals surface area contributed by atoms with E-state index < -0.39 is 5.09 Å². The van der Waals surface area contributed by atoms with E-state index in [0.29, 0.717) is 17.9 Å². The number of thioether (sulfide) groups is 1. The van der Waals surface area contributed by atoms with Gasteiger partial charge in [-0.1, -0.05) is 12.1 Å². The first-order chi connectivity index (χ1) is 12.0. The van der Waals surface area contributed by atoms with Crippen LogP contribution in [0.25, 0.3) is 0 Å². The van der Waals surface area contributed by atoms with Gasteiger partial charge in [0.2, 0.25) is 0 Å². The molecule has 1 aromatic carbocycles. The van der Waals surface area contributed by atoms with Crippen LogP contribution in [-0.2, 0) is 14.4 Å². The Labute approximate surface area is 148 Å². The minimum absolute atomic E-state index is 0.0417. The van der Waals surface area contributed by atoms with E-state index >= 15 is 0 Å². The molecule has 2 N–H and O–H groups in total. The third-order valence-electron chi connectivity index (χ3n) is 3.41.